The summed E-state index contributed by atoms with van der Waals surface area (Å²) < 4.78 is 0. The molecule has 0 saturated carbocycles. The average molecular weight is 237 g/mol. The minimum Gasteiger partial charge on any atom is -0.316 e. The second-order valence-corrected chi connectivity index (χ2v) is 5.02. The van der Waals surface area contributed by atoms with E-state index in [0.717, 1.165) is 25.9 Å². The molecule has 0 fully saturated rings. The number of nitrogens with one attached hydrogen (secondary N) is 1. The van der Waals surface area contributed by atoms with Crippen LogP contribution in [-0.2, 0) is 19.3 Å². The van der Waals surface area contributed by atoms with Crippen molar-refractivity contribution in [2.24, 2.45) is 0 Å². The van der Waals surface area contributed by atoms with Crippen LogP contribution in [0.3, 0.4) is 0 Å². The first-order valence-corrected chi connectivity index (χ1v) is 6.77. The van der Waals surface area contributed by atoms with Crippen LogP contribution in [0.25, 0.3) is 0 Å². The highest BCUT2D eigenvalue weighted by Gasteiger charge is 2.08. The van der Waals surface area contributed by atoms with E-state index in [-0.39, 0.29) is 0 Å². The molecule has 0 radical (unpaired) electrons. The molecule has 1 nitrogen and oxygen atoms in total. The van der Waals surface area contributed by atoms with Crippen LogP contribution in [0.15, 0.2) is 48.5 Å². The fourth-order valence-electron chi connectivity index (χ4n) is 2.67. The summed E-state index contributed by atoms with van der Waals surface area (Å²) in [5, 5.41) is 3.46. The normalized spacial score (nSPS) is 14.9. The van der Waals surface area contributed by atoms with Crippen LogP contribution in [0.2, 0.25) is 0 Å². The van der Waals surface area contributed by atoms with Gasteiger partial charge in [0.05, 0.1) is 0 Å². The molecule has 0 atom stereocenters. The highest BCUT2D eigenvalue weighted by molar-refractivity contribution is 5.36. The molecule has 1 aliphatic heterocycles. The minimum absolute atomic E-state index is 1.04. The maximum absolute atomic E-state index is 3.46. The lowest BCUT2D eigenvalue weighted by Gasteiger charge is -2.08. The first-order valence-electron chi connectivity index (χ1n) is 6.77. The van der Waals surface area contributed by atoms with E-state index in [1.54, 1.807) is 0 Å². The second kappa shape index (κ2) is 5.36. The SMILES string of the molecule is c1ccc(Cc2ccc3c(c2)CCNCC3)cc1. The topological polar surface area (TPSA) is 12.0 Å². The molecule has 0 saturated heterocycles. The summed E-state index contributed by atoms with van der Waals surface area (Å²) in [5.41, 5.74) is 5.89. The van der Waals surface area contributed by atoms with Gasteiger partial charge in [0.15, 0.2) is 0 Å². The molecule has 1 heteroatoms. The smallest absolute Gasteiger partial charge is 0.000812 e. The Morgan fingerprint density at radius 1 is 0.778 bits per heavy atom. The largest absolute Gasteiger partial charge is 0.316 e. The molecule has 0 amide bonds. The zero-order valence-electron chi connectivity index (χ0n) is 10.7. The van der Waals surface area contributed by atoms with Gasteiger partial charge in [0.25, 0.3) is 0 Å². The third-order valence-corrected chi connectivity index (χ3v) is 3.66. The van der Waals surface area contributed by atoms with Gasteiger partial charge >= 0.3 is 0 Å². The molecular formula is C17H19N. The number of fused-ring (bicyclic) bond motifs is 1. The quantitative estimate of drug-likeness (QED) is 0.846. The monoisotopic (exact) mass is 237 g/mol. The number of rotatable bonds is 2. The van der Waals surface area contributed by atoms with Crippen molar-refractivity contribution < 1.29 is 0 Å². The lowest BCUT2D eigenvalue weighted by molar-refractivity contribution is 0.711. The van der Waals surface area contributed by atoms with Crippen molar-refractivity contribution in [2.75, 3.05) is 13.1 Å². The predicted octanol–water partition coefficient (Wildman–Crippen LogP) is 2.97. The number of hydrogen-bond donors (Lipinski definition) is 1. The van der Waals surface area contributed by atoms with Crippen LogP contribution in [0.1, 0.15) is 22.3 Å². The molecule has 0 aliphatic carbocycles. The molecule has 2 aromatic rings. The molecule has 18 heavy (non-hydrogen) atoms. The molecule has 3 rings (SSSR count). The molecule has 1 heterocycles. The van der Waals surface area contributed by atoms with Crippen molar-refractivity contribution in [3.63, 3.8) is 0 Å². The highest BCUT2D eigenvalue weighted by Crippen LogP contribution is 2.17. The fraction of sp³-hybridized carbons (Fsp3) is 0.294. The Morgan fingerprint density at radius 3 is 2.39 bits per heavy atom. The minimum atomic E-state index is 1.04. The van der Waals surface area contributed by atoms with Crippen LogP contribution in [0.4, 0.5) is 0 Å². The van der Waals surface area contributed by atoms with Crippen LogP contribution in [0, 0.1) is 0 Å². The molecular weight excluding hydrogens is 218 g/mol. The van der Waals surface area contributed by atoms with Gasteiger partial charge in [-0.1, -0.05) is 48.5 Å². The van der Waals surface area contributed by atoms with E-state index in [4.69, 9.17) is 0 Å². The Hall–Kier alpha value is -1.60. The van der Waals surface area contributed by atoms with E-state index in [0.29, 0.717) is 0 Å². The molecule has 1 N–H and O–H groups in total. The summed E-state index contributed by atoms with van der Waals surface area (Å²) in [6.07, 6.45) is 3.38. The summed E-state index contributed by atoms with van der Waals surface area (Å²) in [4.78, 5) is 0. The predicted molar refractivity (Wildman–Crippen MR) is 76.0 cm³/mol. The maximum Gasteiger partial charge on any atom is -0.000812 e. The van der Waals surface area contributed by atoms with Crippen LogP contribution >= 0.6 is 0 Å². The van der Waals surface area contributed by atoms with Gasteiger partial charge in [0.2, 0.25) is 0 Å². The standard InChI is InChI=1S/C17H19N/c1-2-4-14(5-3-1)12-15-6-7-16-8-10-18-11-9-17(16)13-15/h1-7,13,18H,8-12H2. The molecule has 92 valence electrons. The van der Waals surface area contributed by atoms with E-state index in [1.807, 2.05) is 0 Å². The van der Waals surface area contributed by atoms with Gasteiger partial charge in [-0.15, -0.1) is 0 Å². The van der Waals surface area contributed by atoms with Crippen molar-refractivity contribution in [3.05, 3.63) is 70.8 Å². The van der Waals surface area contributed by atoms with Gasteiger partial charge < -0.3 is 5.32 Å². The second-order valence-electron chi connectivity index (χ2n) is 5.02. The van der Waals surface area contributed by atoms with Crippen LogP contribution in [0.5, 0.6) is 0 Å². The Labute approximate surface area is 109 Å². The zero-order valence-corrected chi connectivity index (χ0v) is 10.7. The fourth-order valence-corrected chi connectivity index (χ4v) is 2.67. The van der Waals surface area contributed by atoms with Gasteiger partial charge in [-0.25, -0.2) is 0 Å². The lowest BCUT2D eigenvalue weighted by Crippen LogP contribution is -2.16. The Kier molecular flexibility index (Phi) is 3.42. The van der Waals surface area contributed by atoms with Crippen LogP contribution < -0.4 is 5.32 Å². The first-order chi connectivity index (χ1) is 8.92. The van der Waals surface area contributed by atoms with Gasteiger partial charge in [0, 0.05) is 0 Å². The molecule has 2 aromatic carbocycles. The van der Waals surface area contributed by atoms with Gasteiger partial charge in [-0.05, 0) is 54.6 Å². The Morgan fingerprint density at radius 2 is 1.56 bits per heavy atom. The van der Waals surface area contributed by atoms with Gasteiger partial charge in [-0.2, -0.15) is 0 Å². The molecule has 0 aromatic heterocycles. The van der Waals surface area contributed by atoms with E-state index in [2.05, 4.69) is 53.8 Å². The first kappa shape index (κ1) is 11.5. The van der Waals surface area contributed by atoms with E-state index < -0.39 is 0 Å². The third-order valence-electron chi connectivity index (χ3n) is 3.66. The zero-order chi connectivity index (χ0) is 12.2. The summed E-state index contributed by atoms with van der Waals surface area (Å²) in [7, 11) is 0. The van der Waals surface area contributed by atoms with Crippen molar-refractivity contribution >= 4 is 0 Å². The van der Waals surface area contributed by atoms with Gasteiger partial charge in [-0.3, -0.25) is 0 Å². The third kappa shape index (κ3) is 2.62. The maximum atomic E-state index is 3.46. The number of hydrogen-bond acceptors (Lipinski definition) is 1. The summed E-state index contributed by atoms with van der Waals surface area (Å²) in [5.74, 6) is 0. The van der Waals surface area contributed by atoms with E-state index >= 15 is 0 Å². The molecule has 0 unspecified atom stereocenters. The summed E-state index contributed by atoms with van der Waals surface area (Å²) >= 11 is 0. The average Bonchev–Trinajstić information content (AvgIpc) is 2.64. The molecule has 1 aliphatic rings. The van der Waals surface area contributed by atoms with Crippen molar-refractivity contribution in [3.8, 4) is 0 Å². The van der Waals surface area contributed by atoms with Crippen molar-refractivity contribution in [2.45, 2.75) is 19.3 Å². The highest BCUT2D eigenvalue weighted by atomic mass is 14.8. The lowest BCUT2D eigenvalue weighted by atomic mass is 9.97. The van der Waals surface area contributed by atoms with Crippen molar-refractivity contribution in [1.82, 2.24) is 5.32 Å². The number of benzene rings is 2. The Bertz CT molecular complexity index is 516. The summed E-state index contributed by atoms with van der Waals surface area (Å²) in [6, 6.07) is 17.7. The molecule has 0 bridgehead atoms. The molecule has 0 spiro atoms. The van der Waals surface area contributed by atoms with E-state index in [1.165, 1.54) is 28.7 Å². The van der Waals surface area contributed by atoms with E-state index in [9.17, 15) is 0 Å². The summed E-state index contributed by atoms with van der Waals surface area (Å²) in [6.45, 7) is 2.23. The van der Waals surface area contributed by atoms with Crippen LogP contribution in [-0.4, -0.2) is 13.1 Å². The Balaban J connectivity index is 1.83. The van der Waals surface area contributed by atoms with Gasteiger partial charge in [0.1, 0.15) is 0 Å². The van der Waals surface area contributed by atoms with Crippen molar-refractivity contribution in [1.29, 1.82) is 0 Å².